The third kappa shape index (κ3) is 2.42. The Labute approximate surface area is 125 Å². The molecule has 108 valence electrons. The van der Waals surface area contributed by atoms with Crippen LogP contribution in [-0.2, 0) is 0 Å². The molecule has 0 radical (unpaired) electrons. The highest BCUT2D eigenvalue weighted by Crippen LogP contribution is 2.37. The number of benzene rings is 1. The molecule has 3 aromatic rings. The van der Waals surface area contributed by atoms with Crippen molar-refractivity contribution in [3.63, 3.8) is 0 Å². The maximum Gasteiger partial charge on any atom is 0.261 e. The van der Waals surface area contributed by atoms with Crippen LogP contribution in [-0.4, -0.2) is 10.1 Å². The fourth-order valence-electron chi connectivity index (χ4n) is 2.23. The van der Waals surface area contributed by atoms with Gasteiger partial charge in [0.1, 0.15) is 5.82 Å². The second-order valence-electron chi connectivity index (χ2n) is 4.96. The van der Waals surface area contributed by atoms with Crippen LogP contribution in [0.4, 0.5) is 9.39 Å². The van der Waals surface area contributed by atoms with E-state index in [1.165, 1.54) is 23.5 Å². The van der Waals surface area contributed by atoms with Crippen molar-refractivity contribution in [2.45, 2.75) is 20.8 Å². The highest BCUT2D eigenvalue weighted by molar-refractivity contribution is 7.16. The molecule has 0 saturated heterocycles. The summed E-state index contributed by atoms with van der Waals surface area (Å²) >= 11 is 1.49. The quantitative estimate of drug-likeness (QED) is 0.773. The number of thiophene rings is 1. The Morgan fingerprint density at radius 3 is 2.57 bits per heavy atom. The van der Waals surface area contributed by atoms with Gasteiger partial charge in [-0.25, -0.2) is 4.39 Å². The molecule has 0 atom stereocenters. The fourth-order valence-corrected chi connectivity index (χ4v) is 3.15. The summed E-state index contributed by atoms with van der Waals surface area (Å²) in [5.74, 6) is 0.403. The zero-order chi connectivity index (χ0) is 15.1. The van der Waals surface area contributed by atoms with Crippen molar-refractivity contribution in [2.75, 3.05) is 5.73 Å². The van der Waals surface area contributed by atoms with Gasteiger partial charge in [-0.15, -0.1) is 11.3 Å². The van der Waals surface area contributed by atoms with E-state index < -0.39 is 0 Å². The van der Waals surface area contributed by atoms with Crippen LogP contribution in [0.2, 0.25) is 0 Å². The Morgan fingerprint density at radius 1 is 1.19 bits per heavy atom. The third-order valence-electron chi connectivity index (χ3n) is 3.35. The van der Waals surface area contributed by atoms with Gasteiger partial charge in [0.15, 0.2) is 0 Å². The second kappa shape index (κ2) is 4.96. The van der Waals surface area contributed by atoms with Crippen molar-refractivity contribution >= 4 is 16.3 Å². The first-order chi connectivity index (χ1) is 9.95. The Bertz CT molecular complexity index is 802. The predicted molar refractivity (Wildman–Crippen MR) is 81.6 cm³/mol. The Kier molecular flexibility index (Phi) is 3.25. The van der Waals surface area contributed by atoms with Gasteiger partial charge in [-0.2, -0.15) is 4.98 Å². The summed E-state index contributed by atoms with van der Waals surface area (Å²) in [6.45, 7) is 5.78. The fraction of sp³-hybridized carbons (Fsp3) is 0.200. The van der Waals surface area contributed by atoms with Crippen LogP contribution in [0.3, 0.4) is 0 Å². The molecule has 6 heteroatoms. The highest BCUT2D eigenvalue weighted by Gasteiger charge is 2.19. The molecule has 2 aromatic heterocycles. The first-order valence-electron chi connectivity index (χ1n) is 6.43. The molecular weight excluding hydrogens is 289 g/mol. The van der Waals surface area contributed by atoms with Crippen LogP contribution < -0.4 is 5.73 Å². The van der Waals surface area contributed by atoms with Gasteiger partial charge in [0.25, 0.3) is 5.89 Å². The molecule has 21 heavy (non-hydrogen) atoms. The lowest BCUT2D eigenvalue weighted by atomic mass is 10.1. The molecule has 3 rings (SSSR count). The Balaban J connectivity index is 2.08. The molecule has 0 unspecified atom stereocenters. The minimum atomic E-state index is -0.321. The largest absolute Gasteiger partial charge is 0.390 e. The van der Waals surface area contributed by atoms with Gasteiger partial charge in [-0.05, 0) is 50.1 Å². The van der Waals surface area contributed by atoms with Gasteiger partial charge in [0.2, 0.25) is 5.82 Å². The topological polar surface area (TPSA) is 64.9 Å². The van der Waals surface area contributed by atoms with Crippen molar-refractivity contribution in [1.29, 1.82) is 0 Å². The second-order valence-corrected chi connectivity index (χ2v) is 6.22. The molecule has 0 amide bonds. The van der Waals surface area contributed by atoms with Crippen molar-refractivity contribution in [3.05, 3.63) is 40.0 Å². The van der Waals surface area contributed by atoms with E-state index in [-0.39, 0.29) is 5.82 Å². The summed E-state index contributed by atoms with van der Waals surface area (Å²) < 4.78 is 18.8. The first-order valence-corrected chi connectivity index (χ1v) is 7.24. The number of aromatic nitrogens is 2. The Hall–Kier alpha value is -2.21. The molecule has 2 heterocycles. The van der Waals surface area contributed by atoms with E-state index in [4.69, 9.17) is 10.3 Å². The number of halogens is 1. The maximum atomic E-state index is 13.5. The number of hydrogen-bond donors (Lipinski definition) is 1. The zero-order valence-electron chi connectivity index (χ0n) is 11.9. The lowest BCUT2D eigenvalue weighted by molar-refractivity contribution is 0.432. The predicted octanol–water partition coefficient (Wildman–Crippen LogP) is 4.11. The van der Waals surface area contributed by atoms with E-state index in [1.54, 1.807) is 0 Å². The average molecular weight is 303 g/mol. The van der Waals surface area contributed by atoms with Gasteiger partial charge in [-0.1, -0.05) is 5.16 Å². The maximum absolute atomic E-state index is 13.5. The van der Waals surface area contributed by atoms with Crippen molar-refractivity contribution in [2.24, 2.45) is 0 Å². The minimum absolute atomic E-state index is 0.321. The molecule has 1 aromatic carbocycles. The van der Waals surface area contributed by atoms with Crippen LogP contribution in [0.25, 0.3) is 22.8 Å². The van der Waals surface area contributed by atoms with Crippen LogP contribution in [0.5, 0.6) is 0 Å². The molecular formula is C15H14FN3OS. The number of hydrogen-bond acceptors (Lipinski definition) is 5. The minimum Gasteiger partial charge on any atom is -0.390 e. The van der Waals surface area contributed by atoms with Crippen LogP contribution in [0.15, 0.2) is 22.7 Å². The molecule has 0 saturated carbocycles. The molecule has 4 nitrogen and oxygen atoms in total. The van der Waals surface area contributed by atoms with Crippen LogP contribution in [0.1, 0.15) is 16.0 Å². The monoisotopic (exact) mass is 303 g/mol. The van der Waals surface area contributed by atoms with Crippen molar-refractivity contribution in [1.82, 2.24) is 10.1 Å². The molecule has 0 fully saturated rings. The molecule has 0 spiro atoms. The van der Waals surface area contributed by atoms with Gasteiger partial charge >= 0.3 is 0 Å². The lowest BCUT2D eigenvalue weighted by Crippen LogP contribution is -1.88. The zero-order valence-corrected chi connectivity index (χ0v) is 12.7. The van der Waals surface area contributed by atoms with Gasteiger partial charge in [-0.3, -0.25) is 0 Å². The normalized spacial score (nSPS) is 11.0. The lowest BCUT2D eigenvalue weighted by Gasteiger charge is -1.98. The summed E-state index contributed by atoms with van der Waals surface area (Å²) in [5.41, 5.74) is 9.19. The number of aryl methyl sites for hydroxylation is 2. The molecule has 0 aliphatic rings. The van der Waals surface area contributed by atoms with E-state index in [0.717, 1.165) is 21.6 Å². The Morgan fingerprint density at radius 2 is 1.95 bits per heavy atom. The van der Waals surface area contributed by atoms with E-state index in [0.29, 0.717) is 22.3 Å². The van der Waals surface area contributed by atoms with E-state index in [2.05, 4.69) is 10.1 Å². The molecule has 0 aliphatic heterocycles. The average Bonchev–Trinajstić information content (AvgIpc) is 2.95. The first kappa shape index (κ1) is 13.8. The van der Waals surface area contributed by atoms with E-state index >= 15 is 0 Å². The van der Waals surface area contributed by atoms with Crippen molar-refractivity contribution < 1.29 is 8.91 Å². The number of nitrogen functional groups attached to an aromatic ring is 1. The highest BCUT2D eigenvalue weighted by atomic mass is 32.1. The molecule has 0 bridgehead atoms. The van der Waals surface area contributed by atoms with E-state index in [1.807, 2.05) is 26.8 Å². The summed E-state index contributed by atoms with van der Waals surface area (Å²) in [6.07, 6.45) is 0. The molecule has 2 N–H and O–H groups in total. The van der Waals surface area contributed by atoms with E-state index in [9.17, 15) is 4.39 Å². The van der Waals surface area contributed by atoms with Crippen molar-refractivity contribution in [3.8, 4) is 22.8 Å². The number of nitrogens with zero attached hydrogens (tertiary/aromatic N) is 2. The summed E-state index contributed by atoms with van der Waals surface area (Å²) in [7, 11) is 0. The smallest absolute Gasteiger partial charge is 0.261 e. The number of anilines is 1. The summed E-state index contributed by atoms with van der Waals surface area (Å²) in [6, 6.07) is 4.65. The van der Waals surface area contributed by atoms with Crippen LogP contribution in [0, 0.1) is 26.6 Å². The molecule has 0 aliphatic carbocycles. The SMILES string of the molecule is Cc1cc(F)cc(-c2noc(-c3c(N)sc(C)c3C)n2)c1. The van der Waals surface area contributed by atoms with Gasteiger partial charge < -0.3 is 10.3 Å². The number of nitrogens with two attached hydrogens (primary N) is 1. The number of rotatable bonds is 2. The summed E-state index contributed by atoms with van der Waals surface area (Å²) in [4.78, 5) is 5.46. The third-order valence-corrected chi connectivity index (χ3v) is 4.39. The van der Waals surface area contributed by atoms with Gasteiger partial charge in [0, 0.05) is 10.4 Å². The standard InChI is InChI=1S/C15H14FN3OS/c1-7-4-10(6-11(16)5-7)14-18-15(20-19-14)12-8(2)9(3)21-13(12)17/h4-6H,17H2,1-3H3. The summed E-state index contributed by atoms with van der Waals surface area (Å²) in [5, 5.41) is 4.58. The van der Waals surface area contributed by atoms with Gasteiger partial charge in [0.05, 0.1) is 10.6 Å². The van der Waals surface area contributed by atoms with Crippen LogP contribution >= 0.6 is 11.3 Å².